The van der Waals surface area contributed by atoms with Gasteiger partial charge in [-0.1, -0.05) is 32.4 Å². The monoisotopic (exact) mass is 374 g/mol. The Kier molecular flexibility index (Phi) is 4.13. The molecule has 0 fully saturated rings. The molecule has 0 saturated heterocycles. The standard InChI is InChI=1S/C14H13BrClFN2O2/c1-14(2,3)7-6-8(12(17)10(15)11(7)16)19-5-4-9(20)18-13(19)21/h4-6H,1-3H3,(H,18,20,21). The average molecular weight is 376 g/mol. The topological polar surface area (TPSA) is 54.9 Å². The summed E-state index contributed by atoms with van der Waals surface area (Å²) in [6, 6.07) is 2.67. The Balaban J connectivity index is 2.84. The SMILES string of the molecule is CC(C)(C)c1cc(-n2ccc(=O)[nH]c2=O)c(F)c(Br)c1Cl. The predicted octanol–water partition coefficient (Wildman–Crippen LogP) is 3.38. The van der Waals surface area contributed by atoms with Crippen molar-refractivity contribution in [1.82, 2.24) is 9.55 Å². The lowest BCUT2D eigenvalue weighted by Gasteiger charge is -2.23. The summed E-state index contributed by atoms with van der Waals surface area (Å²) in [5.74, 6) is -0.665. The van der Waals surface area contributed by atoms with Crippen molar-refractivity contribution in [1.29, 1.82) is 0 Å². The van der Waals surface area contributed by atoms with Gasteiger partial charge in [-0.15, -0.1) is 0 Å². The Morgan fingerprint density at radius 3 is 2.48 bits per heavy atom. The third-order valence-electron chi connectivity index (χ3n) is 3.02. The Bertz CT molecular complexity index is 821. The van der Waals surface area contributed by atoms with E-state index in [1.54, 1.807) is 0 Å². The zero-order valence-electron chi connectivity index (χ0n) is 11.6. The molecule has 1 heterocycles. The van der Waals surface area contributed by atoms with Crippen LogP contribution in [0.3, 0.4) is 0 Å². The number of H-pyrrole nitrogens is 1. The van der Waals surface area contributed by atoms with E-state index in [2.05, 4.69) is 20.9 Å². The molecule has 4 nitrogen and oxygen atoms in total. The molecule has 0 amide bonds. The highest BCUT2D eigenvalue weighted by Crippen LogP contribution is 2.38. The molecule has 0 radical (unpaired) electrons. The number of rotatable bonds is 1. The van der Waals surface area contributed by atoms with E-state index in [9.17, 15) is 14.0 Å². The first-order valence-corrected chi connectivity index (χ1v) is 7.30. The molecular formula is C14H13BrClFN2O2. The van der Waals surface area contributed by atoms with Crippen molar-refractivity contribution in [3.63, 3.8) is 0 Å². The summed E-state index contributed by atoms with van der Waals surface area (Å²) in [4.78, 5) is 25.0. The van der Waals surface area contributed by atoms with Crippen LogP contribution in [-0.2, 0) is 5.41 Å². The fraction of sp³-hybridized carbons (Fsp3) is 0.286. The Labute approximate surface area is 133 Å². The third kappa shape index (κ3) is 2.96. The average Bonchev–Trinajstić information content (AvgIpc) is 2.36. The highest BCUT2D eigenvalue weighted by molar-refractivity contribution is 9.10. The number of nitrogens with one attached hydrogen (secondary N) is 1. The quantitative estimate of drug-likeness (QED) is 0.777. The van der Waals surface area contributed by atoms with Crippen LogP contribution in [0.15, 0.2) is 32.4 Å². The zero-order chi connectivity index (χ0) is 15.9. The van der Waals surface area contributed by atoms with E-state index in [1.807, 2.05) is 20.8 Å². The molecule has 1 aromatic heterocycles. The van der Waals surface area contributed by atoms with Gasteiger partial charge in [-0.25, -0.2) is 9.18 Å². The highest BCUT2D eigenvalue weighted by atomic mass is 79.9. The van der Waals surface area contributed by atoms with Gasteiger partial charge in [0.2, 0.25) is 0 Å². The number of hydrogen-bond donors (Lipinski definition) is 1. The molecule has 2 rings (SSSR count). The molecule has 0 atom stereocenters. The summed E-state index contributed by atoms with van der Waals surface area (Å²) in [7, 11) is 0. The van der Waals surface area contributed by atoms with Gasteiger partial charge in [0.15, 0.2) is 5.82 Å². The van der Waals surface area contributed by atoms with Gasteiger partial charge in [-0.2, -0.15) is 0 Å². The van der Waals surface area contributed by atoms with Crippen molar-refractivity contribution in [3.8, 4) is 5.69 Å². The maximum Gasteiger partial charge on any atom is 0.333 e. The van der Waals surface area contributed by atoms with Crippen LogP contribution in [0.2, 0.25) is 5.02 Å². The Morgan fingerprint density at radius 1 is 1.33 bits per heavy atom. The minimum atomic E-state index is -0.713. The van der Waals surface area contributed by atoms with Gasteiger partial charge in [0, 0.05) is 12.3 Å². The molecule has 1 N–H and O–H groups in total. The van der Waals surface area contributed by atoms with E-state index >= 15 is 0 Å². The second kappa shape index (κ2) is 5.42. The Hall–Kier alpha value is -1.40. The number of hydrogen-bond acceptors (Lipinski definition) is 2. The Morgan fingerprint density at radius 2 is 1.95 bits per heavy atom. The molecule has 21 heavy (non-hydrogen) atoms. The van der Waals surface area contributed by atoms with E-state index in [0.29, 0.717) is 5.56 Å². The molecule has 0 spiro atoms. The number of aromatic amines is 1. The van der Waals surface area contributed by atoms with Crippen LogP contribution >= 0.6 is 27.5 Å². The normalized spacial score (nSPS) is 11.7. The summed E-state index contributed by atoms with van der Waals surface area (Å²) in [5.41, 5.74) is -0.882. The van der Waals surface area contributed by atoms with E-state index in [-0.39, 0.29) is 20.6 Å². The van der Waals surface area contributed by atoms with Crippen LogP contribution in [0.5, 0.6) is 0 Å². The zero-order valence-corrected chi connectivity index (χ0v) is 14.0. The lowest BCUT2D eigenvalue weighted by atomic mass is 9.86. The summed E-state index contributed by atoms with van der Waals surface area (Å²) in [6.45, 7) is 5.79. The minimum absolute atomic E-state index is 0.0254. The second-order valence-corrected chi connectivity index (χ2v) is 6.79. The van der Waals surface area contributed by atoms with Gasteiger partial charge in [0.05, 0.1) is 15.2 Å². The van der Waals surface area contributed by atoms with Crippen molar-refractivity contribution < 1.29 is 4.39 Å². The molecule has 0 aliphatic carbocycles. The van der Waals surface area contributed by atoms with E-state index < -0.39 is 17.1 Å². The van der Waals surface area contributed by atoms with Crippen molar-refractivity contribution in [2.45, 2.75) is 26.2 Å². The molecule has 0 aliphatic rings. The summed E-state index contributed by atoms with van der Waals surface area (Å²) < 4.78 is 15.5. The fourth-order valence-corrected chi connectivity index (χ4v) is 2.76. The van der Waals surface area contributed by atoms with Crippen molar-refractivity contribution >= 4 is 27.5 Å². The number of benzene rings is 1. The number of aromatic nitrogens is 2. The van der Waals surface area contributed by atoms with Crippen molar-refractivity contribution in [2.24, 2.45) is 0 Å². The van der Waals surface area contributed by atoms with Crippen LogP contribution in [0, 0.1) is 5.82 Å². The molecule has 7 heteroatoms. The molecule has 112 valence electrons. The molecule has 0 bridgehead atoms. The van der Waals surface area contributed by atoms with Gasteiger partial charge in [0.1, 0.15) is 0 Å². The first-order chi connectivity index (χ1) is 9.62. The smallest absolute Gasteiger partial charge is 0.274 e. The van der Waals surface area contributed by atoms with Crippen LogP contribution in [0.25, 0.3) is 5.69 Å². The maximum absolute atomic E-state index is 14.4. The molecule has 0 aliphatic heterocycles. The minimum Gasteiger partial charge on any atom is -0.274 e. The maximum atomic E-state index is 14.4. The third-order valence-corrected chi connectivity index (χ3v) is 4.38. The van der Waals surface area contributed by atoms with Crippen LogP contribution in [0.4, 0.5) is 4.39 Å². The lowest BCUT2D eigenvalue weighted by Crippen LogP contribution is -2.28. The molecule has 0 unspecified atom stereocenters. The molecule has 2 aromatic rings. The second-order valence-electron chi connectivity index (χ2n) is 5.62. The highest BCUT2D eigenvalue weighted by Gasteiger charge is 2.24. The van der Waals surface area contributed by atoms with Crippen LogP contribution in [0.1, 0.15) is 26.3 Å². The van der Waals surface area contributed by atoms with Gasteiger partial charge in [0.25, 0.3) is 5.56 Å². The van der Waals surface area contributed by atoms with Gasteiger partial charge >= 0.3 is 5.69 Å². The van der Waals surface area contributed by atoms with E-state index in [1.165, 1.54) is 12.3 Å². The fourth-order valence-electron chi connectivity index (χ4n) is 1.92. The largest absolute Gasteiger partial charge is 0.333 e. The molecule has 1 aromatic carbocycles. The lowest BCUT2D eigenvalue weighted by molar-refractivity contribution is 0.575. The van der Waals surface area contributed by atoms with Crippen LogP contribution < -0.4 is 11.2 Å². The van der Waals surface area contributed by atoms with Crippen molar-refractivity contribution in [3.05, 3.63) is 60.0 Å². The summed E-state index contributed by atoms with van der Waals surface area (Å²) in [6.07, 6.45) is 1.23. The van der Waals surface area contributed by atoms with Gasteiger partial charge in [-0.3, -0.25) is 14.3 Å². The molecule has 0 saturated carbocycles. The first-order valence-electron chi connectivity index (χ1n) is 6.13. The molecular weight excluding hydrogens is 363 g/mol. The van der Waals surface area contributed by atoms with Gasteiger partial charge in [-0.05, 0) is 33.0 Å². The number of halogens is 3. The first kappa shape index (κ1) is 16.0. The number of nitrogens with zero attached hydrogens (tertiary/aromatic N) is 1. The van der Waals surface area contributed by atoms with E-state index in [4.69, 9.17) is 11.6 Å². The predicted molar refractivity (Wildman–Crippen MR) is 84.0 cm³/mol. The summed E-state index contributed by atoms with van der Waals surface area (Å²) in [5, 5.41) is 0.265. The van der Waals surface area contributed by atoms with Gasteiger partial charge < -0.3 is 0 Å². The summed E-state index contributed by atoms with van der Waals surface area (Å²) >= 11 is 9.29. The van der Waals surface area contributed by atoms with Crippen molar-refractivity contribution in [2.75, 3.05) is 0 Å². The van der Waals surface area contributed by atoms with Crippen LogP contribution in [-0.4, -0.2) is 9.55 Å². The van der Waals surface area contributed by atoms with E-state index in [0.717, 1.165) is 10.6 Å².